The molecule has 0 amide bonds. The fraction of sp³-hybridized carbons (Fsp3) is 0.500. The van der Waals surface area contributed by atoms with Gasteiger partial charge in [0.05, 0.1) is 22.0 Å². The van der Waals surface area contributed by atoms with E-state index in [1.807, 2.05) is 6.20 Å². The van der Waals surface area contributed by atoms with E-state index in [4.69, 9.17) is 9.97 Å². The number of aromatic nitrogens is 4. The second-order valence-corrected chi connectivity index (χ2v) is 12.4. The van der Waals surface area contributed by atoms with Gasteiger partial charge in [0.25, 0.3) is 0 Å². The Balaban J connectivity index is 1.05. The van der Waals surface area contributed by atoms with E-state index in [1.54, 1.807) is 6.20 Å². The number of anilines is 3. The highest BCUT2D eigenvalue weighted by molar-refractivity contribution is 7.85. The highest BCUT2D eigenvalue weighted by Gasteiger charge is 2.48. The Kier molecular flexibility index (Phi) is 4.22. The average Bonchev–Trinajstić information content (AvgIpc) is 3.29. The molecule has 2 aromatic heterocycles. The monoisotopic (exact) mass is 487 g/mol. The summed E-state index contributed by atoms with van der Waals surface area (Å²) in [6, 6.07) is 7.04. The summed E-state index contributed by atoms with van der Waals surface area (Å²) in [5.74, 6) is 4.36. The van der Waals surface area contributed by atoms with Crippen molar-refractivity contribution in [3.63, 3.8) is 0 Å². The Morgan fingerprint density at radius 2 is 1.80 bits per heavy atom. The second-order valence-electron chi connectivity index (χ2n) is 10.9. The Morgan fingerprint density at radius 1 is 1.00 bits per heavy atom. The fourth-order valence-electron chi connectivity index (χ4n) is 6.46. The minimum atomic E-state index is -1.05. The average molecular weight is 488 g/mol. The van der Waals surface area contributed by atoms with Crippen LogP contribution in [0.2, 0.25) is 0 Å². The van der Waals surface area contributed by atoms with E-state index in [9.17, 15) is 4.21 Å². The number of fused-ring (bicyclic) bond motifs is 3. The van der Waals surface area contributed by atoms with Crippen molar-refractivity contribution in [1.82, 2.24) is 19.9 Å². The summed E-state index contributed by atoms with van der Waals surface area (Å²) in [6.45, 7) is 4.16. The van der Waals surface area contributed by atoms with E-state index in [-0.39, 0.29) is 5.54 Å². The van der Waals surface area contributed by atoms with E-state index in [0.717, 1.165) is 73.6 Å². The van der Waals surface area contributed by atoms with Gasteiger partial charge in [-0.2, -0.15) is 4.98 Å². The molecule has 3 aliphatic heterocycles. The molecule has 35 heavy (non-hydrogen) atoms. The standard InChI is InChI=1S/C26H29N7OS/c34-35-10-5-21-22(35)23(31-26(6-7-26)24-27-8-9-28-24)30-25(29-21)33-14-18-12-32(13-19(18)15-33)20-4-3-16-1-2-17(16)11-20/h3-4,8-9,11,18-19H,1-2,5-7,10,12-15H2,(H,27,28)(H,29,30,31). The summed E-state index contributed by atoms with van der Waals surface area (Å²) in [5.41, 5.74) is 5.17. The van der Waals surface area contributed by atoms with Crippen LogP contribution in [0.3, 0.4) is 0 Å². The van der Waals surface area contributed by atoms with Crippen LogP contribution in [0.1, 0.15) is 35.5 Å². The number of benzene rings is 1. The number of rotatable bonds is 5. The van der Waals surface area contributed by atoms with Gasteiger partial charge in [-0.1, -0.05) is 6.07 Å². The van der Waals surface area contributed by atoms with Crippen LogP contribution in [0.4, 0.5) is 17.5 Å². The molecule has 0 spiro atoms. The van der Waals surface area contributed by atoms with Gasteiger partial charge in [0, 0.05) is 68.3 Å². The number of nitrogens with zero attached hydrogens (tertiary/aromatic N) is 5. The summed E-state index contributed by atoms with van der Waals surface area (Å²) < 4.78 is 12.8. The summed E-state index contributed by atoms with van der Waals surface area (Å²) in [6.07, 6.45) is 8.87. The molecule has 0 radical (unpaired) electrons. The van der Waals surface area contributed by atoms with Crippen LogP contribution in [0.25, 0.3) is 0 Å². The highest BCUT2D eigenvalue weighted by atomic mass is 32.2. The van der Waals surface area contributed by atoms with Gasteiger partial charge in [0.15, 0.2) is 0 Å². The maximum atomic E-state index is 12.8. The Hall–Kier alpha value is -2.94. The lowest BCUT2D eigenvalue weighted by molar-refractivity contribution is 0.533. The predicted molar refractivity (Wildman–Crippen MR) is 135 cm³/mol. The first-order valence-electron chi connectivity index (χ1n) is 12.8. The Bertz CT molecular complexity index is 1340. The molecule has 1 aromatic carbocycles. The fourth-order valence-corrected chi connectivity index (χ4v) is 7.76. The summed E-state index contributed by atoms with van der Waals surface area (Å²) in [5, 5.41) is 3.65. The van der Waals surface area contributed by atoms with Gasteiger partial charge in [0.2, 0.25) is 5.95 Å². The molecule has 5 heterocycles. The molecule has 180 valence electrons. The zero-order valence-corrected chi connectivity index (χ0v) is 20.5. The van der Waals surface area contributed by atoms with Gasteiger partial charge in [-0.3, -0.25) is 4.21 Å². The van der Waals surface area contributed by atoms with Gasteiger partial charge >= 0.3 is 0 Å². The van der Waals surface area contributed by atoms with Crippen molar-refractivity contribution in [2.24, 2.45) is 11.8 Å². The first-order valence-corrected chi connectivity index (χ1v) is 14.2. The number of hydrogen-bond acceptors (Lipinski definition) is 7. The van der Waals surface area contributed by atoms with E-state index in [1.165, 1.54) is 29.7 Å². The number of imidazole rings is 1. The molecule has 2 saturated heterocycles. The molecule has 8 rings (SSSR count). The van der Waals surface area contributed by atoms with Crippen molar-refractivity contribution < 1.29 is 4.21 Å². The zero-order chi connectivity index (χ0) is 23.1. The molecule has 9 heteroatoms. The Labute approximate surface area is 207 Å². The largest absolute Gasteiger partial charge is 0.371 e. The molecule has 1 saturated carbocycles. The summed E-state index contributed by atoms with van der Waals surface area (Å²) >= 11 is 0. The topological polar surface area (TPSA) is 90.0 Å². The van der Waals surface area contributed by atoms with Crippen molar-refractivity contribution in [2.45, 2.75) is 42.5 Å². The third kappa shape index (κ3) is 3.16. The van der Waals surface area contributed by atoms with Crippen LogP contribution in [0.15, 0.2) is 35.5 Å². The van der Waals surface area contributed by atoms with Gasteiger partial charge < -0.3 is 20.1 Å². The third-order valence-corrected chi connectivity index (χ3v) is 10.2. The van der Waals surface area contributed by atoms with E-state index < -0.39 is 10.8 Å². The SMILES string of the molecule is O=S1CCc2nc(N3CC4CN(c5ccc6c(c5)CC6)CC4C3)nc(NC3(c4ncc[nH]4)CC3)c21. The van der Waals surface area contributed by atoms with Crippen LogP contribution in [0, 0.1) is 11.8 Å². The molecule has 3 unspecified atom stereocenters. The number of hydrogen-bond donors (Lipinski definition) is 2. The third-order valence-electron chi connectivity index (χ3n) is 8.72. The second kappa shape index (κ2) is 7.29. The molecule has 8 nitrogen and oxygen atoms in total. The zero-order valence-electron chi connectivity index (χ0n) is 19.7. The smallest absolute Gasteiger partial charge is 0.227 e. The van der Waals surface area contributed by atoms with Gasteiger partial charge in [0.1, 0.15) is 16.5 Å². The van der Waals surface area contributed by atoms with Gasteiger partial charge in [-0.15, -0.1) is 0 Å². The van der Waals surface area contributed by atoms with Crippen molar-refractivity contribution in [3.8, 4) is 0 Å². The lowest BCUT2D eigenvalue weighted by Crippen LogP contribution is -2.31. The molecule has 3 fully saturated rings. The van der Waals surface area contributed by atoms with Crippen LogP contribution in [-0.4, -0.2) is 56.1 Å². The number of aryl methyl sites for hydroxylation is 3. The van der Waals surface area contributed by atoms with E-state index >= 15 is 0 Å². The number of aromatic amines is 1. The highest BCUT2D eigenvalue weighted by Crippen LogP contribution is 2.48. The van der Waals surface area contributed by atoms with Crippen LogP contribution in [0.5, 0.6) is 0 Å². The van der Waals surface area contributed by atoms with Crippen LogP contribution in [-0.2, 0) is 35.6 Å². The number of H-pyrrole nitrogens is 1. The normalized spacial score (nSPS) is 27.4. The van der Waals surface area contributed by atoms with E-state index in [0.29, 0.717) is 17.6 Å². The summed E-state index contributed by atoms with van der Waals surface area (Å²) in [7, 11) is -1.05. The lowest BCUT2D eigenvalue weighted by Gasteiger charge is -2.27. The molecule has 2 aliphatic carbocycles. The van der Waals surface area contributed by atoms with Crippen LogP contribution >= 0.6 is 0 Å². The van der Waals surface area contributed by atoms with Crippen molar-refractivity contribution >= 4 is 28.3 Å². The molecule has 5 aliphatic rings. The van der Waals surface area contributed by atoms with Crippen molar-refractivity contribution in [2.75, 3.05) is 47.0 Å². The maximum Gasteiger partial charge on any atom is 0.227 e. The quantitative estimate of drug-likeness (QED) is 0.572. The first-order chi connectivity index (χ1) is 17.1. The minimum absolute atomic E-state index is 0.227. The van der Waals surface area contributed by atoms with Crippen molar-refractivity contribution in [3.05, 3.63) is 53.2 Å². The van der Waals surface area contributed by atoms with E-state index in [2.05, 4.69) is 43.3 Å². The van der Waals surface area contributed by atoms with Crippen LogP contribution < -0.4 is 15.1 Å². The molecule has 3 atom stereocenters. The predicted octanol–water partition coefficient (Wildman–Crippen LogP) is 2.64. The molecular formula is C26H29N7OS. The van der Waals surface area contributed by atoms with Gasteiger partial charge in [-0.05, 0) is 48.9 Å². The molecule has 0 bridgehead atoms. The molecular weight excluding hydrogens is 458 g/mol. The van der Waals surface area contributed by atoms with Gasteiger partial charge in [-0.25, -0.2) is 9.97 Å². The van der Waals surface area contributed by atoms with Crippen molar-refractivity contribution in [1.29, 1.82) is 0 Å². The number of nitrogens with one attached hydrogen (secondary N) is 2. The molecule has 3 aromatic rings. The maximum absolute atomic E-state index is 12.8. The minimum Gasteiger partial charge on any atom is -0.371 e. The molecule has 2 N–H and O–H groups in total. The first kappa shape index (κ1) is 20.3. The lowest BCUT2D eigenvalue weighted by atomic mass is 9.88. The summed E-state index contributed by atoms with van der Waals surface area (Å²) in [4.78, 5) is 23.4. The Morgan fingerprint density at radius 3 is 2.49 bits per heavy atom.